The van der Waals surface area contributed by atoms with Gasteiger partial charge in [0.15, 0.2) is 0 Å². The Hall–Kier alpha value is -0.200. The Bertz CT molecular complexity index is 462. The zero-order chi connectivity index (χ0) is 20.1. The molecule has 3 aliphatic rings. The maximum atomic E-state index is 10.1. The number of unbranched alkanes of at least 4 members (excludes halogenated alkanes) is 3. The van der Waals surface area contributed by atoms with Gasteiger partial charge in [0.05, 0.1) is 18.8 Å². The average molecular weight is 398 g/mol. The highest BCUT2D eigenvalue weighted by Crippen LogP contribution is 2.52. The zero-order valence-corrected chi connectivity index (χ0v) is 17.8. The van der Waals surface area contributed by atoms with E-state index in [9.17, 15) is 20.4 Å². The van der Waals surface area contributed by atoms with Crippen LogP contribution in [0.4, 0.5) is 0 Å². The fourth-order valence-electron chi connectivity index (χ4n) is 6.55. The average Bonchev–Trinajstić information content (AvgIpc) is 2.68. The zero-order valence-electron chi connectivity index (χ0n) is 17.8. The van der Waals surface area contributed by atoms with Crippen molar-refractivity contribution < 1.29 is 20.4 Å². The maximum Gasteiger partial charge on any atom is 0.109 e. The number of piperidine rings is 1. The molecule has 164 valence electrons. The summed E-state index contributed by atoms with van der Waals surface area (Å²) in [5, 5.41) is 39.3. The molecule has 0 spiro atoms. The summed E-state index contributed by atoms with van der Waals surface area (Å²) in [6.45, 7) is 3.30. The van der Waals surface area contributed by atoms with Crippen molar-refractivity contribution in [1.29, 1.82) is 0 Å². The highest BCUT2D eigenvalue weighted by atomic mass is 16.4. The molecule has 0 aromatic heterocycles. The van der Waals surface area contributed by atoms with E-state index >= 15 is 0 Å². The second kappa shape index (κ2) is 10.2. The summed E-state index contributed by atoms with van der Waals surface area (Å²) in [5.41, 5.74) is 0.604. The molecule has 2 aliphatic carbocycles. The van der Waals surface area contributed by atoms with Crippen LogP contribution in [0.3, 0.4) is 0 Å². The molecule has 0 amide bonds. The van der Waals surface area contributed by atoms with Crippen molar-refractivity contribution in [3.8, 4) is 0 Å². The summed E-state index contributed by atoms with van der Waals surface area (Å²) in [5.74, 6) is 1.99. The number of hydrogen-bond acceptors (Lipinski definition) is 5. The minimum absolute atomic E-state index is 0.188. The Kier molecular flexibility index (Phi) is 8.20. The van der Waals surface area contributed by atoms with Crippen molar-refractivity contribution >= 4 is 0 Å². The van der Waals surface area contributed by atoms with Gasteiger partial charge in [-0.2, -0.15) is 0 Å². The van der Waals surface area contributed by atoms with Crippen molar-refractivity contribution in [2.75, 3.05) is 19.7 Å². The molecule has 1 aliphatic heterocycles. The highest BCUT2D eigenvalue weighted by Gasteiger charge is 2.41. The van der Waals surface area contributed by atoms with E-state index in [1.807, 2.05) is 4.90 Å². The van der Waals surface area contributed by atoms with E-state index in [0.29, 0.717) is 12.0 Å². The lowest BCUT2D eigenvalue weighted by Gasteiger charge is -2.47. The van der Waals surface area contributed by atoms with Crippen LogP contribution in [-0.2, 0) is 0 Å². The van der Waals surface area contributed by atoms with Gasteiger partial charge in [-0.1, -0.05) is 51.9 Å². The Morgan fingerprint density at radius 1 is 0.929 bits per heavy atom. The molecule has 2 bridgehead atoms. The first kappa shape index (κ1) is 22.5. The first-order chi connectivity index (χ1) is 13.5. The van der Waals surface area contributed by atoms with Crippen LogP contribution in [0.1, 0.15) is 84.0 Å². The minimum atomic E-state index is -1.16. The lowest BCUT2D eigenvalue weighted by Crippen LogP contribution is -2.62. The molecule has 6 atom stereocenters. The van der Waals surface area contributed by atoms with Crippen LogP contribution in [0.25, 0.3) is 0 Å². The van der Waals surface area contributed by atoms with Crippen molar-refractivity contribution in [3.63, 3.8) is 0 Å². The summed E-state index contributed by atoms with van der Waals surface area (Å²) >= 11 is 0. The number of rotatable bonds is 9. The third-order valence-corrected chi connectivity index (χ3v) is 8.20. The predicted molar refractivity (Wildman–Crippen MR) is 111 cm³/mol. The van der Waals surface area contributed by atoms with Gasteiger partial charge >= 0.3 is 0 Å². The minimum Gasteiger partial charge on any atom is -0.395 e. The van der Waals surface area contributed by atoms with Crippen LogP contribution < -0.4 is 0 Å². The molecule has 3 fully saturated rings. The van der Waals surface area contributed by atoms with Gasteiger partial charge in [0.1, 0.15) is 12.2 Å². The van der Waals surface area contributed by atoms with Crippen molar-refractivity contribution in [3.05, 3.63) is 0 Å². The van der Waals surface area contributed by atoms with Crippen LogP contribution in [0.2, 0.25) is 0 Å². The number of fused-ring (bicyclic) bond motifs is 2. The van der Waals surface area contributed by atoms with Gasteiger partial charge in [-0.05, 0) is 55.9 Å². The third kappa shape index (κ3) is 5.28. The summed E-state index contributed by atoms with van der Waals surface area (Å²) in [4.78, 5) is 1.94. The van der Waals surface area contributed by atoms with Gasteiger partial charge in [-0.25, -0.2) is 0 Å². The summed E-state index contributed by atoms with van der Waals surface area (Å²) < 4.78 is 0. The fourth-order valence-corrected chi connectivity index (χ4v) is 6.55. The first-order valence-corrected chi connectivity index (χ1v) is 11.9. The van der Waals surface area contributed by atoms with Crippen LogP contribution in [0, 0.1) is 17.3 Å². The maximum absolute atomic E-state index is 10.1. The number of aliphatic hydroxyl groups is 4. The molecule has 4 N–H and O–H groups in total. The van der Waals surface area contributed by atoms with Gasteiger partial charge in [-0.3, -0.25) is 4.90 Å². The van der Waals surface area contributed by atoms with E-state index in [1.54, 1.807) is 0 Å². The van der Waals surface area contributed by atoms with Crippen LogP contribution in [0.15, 0.2) is 0 Å². The van der Waals surface area contributed by atoms with E-state index in [-0.39, 0.29) is 6.61 Å². The van der Waals surface area contributed by atoms with Crippen molar-refractivity contribution in [2.45, 2.75) is 108 Å². The molecule has 2 saturated carbocycles. The Balaban J connectivity index is 1.36. The molecule has 1 heterocycles. The number of likely N-dealkylation sites (tertiary alicyclic amines) is 1. The SMILES string of the molecule is CCC1(CCCCCCN2C[C@H](O)C(O)[C@H](O)C2CO)CC2CCCC(C2)C1. The normalized spacial score (nSPS) is 41.9. The third-order valence-electron chi connectivity index (χ3n) is 8.20. The largest absolute Gasteiger partial charge is 0.395 e. The quantitative estimate of drug-likeness (QED) is 0.450. The molecule has 0 radical (unpaired) electrons. The molecule has 5 nitrogen and oxygen atoms in total. The van der Waals surface area contributed by atoms with Gasteiger partial charge in [-0.15, -0.1) is 0 Å². The Labute approximate surface area is 171 Å². The predicted octanol–water partition coefficient (Wildman–Crippen LogP) is 2.69. The van der Waals surface area contributed by atoms with Crippen LogP contribution >= 0.6 is 0 Å². The summed E-state index contributed by atoms with van der Waals surface area (Å²) in [7, 11) is 0. The molecule has 0 aromatic carbocycles. The molecule has 5 heteroatoms. The van der Waals surface area contributed by atoms with Crippen molar-refractivity contribution in [2.24, 2.45) is 17.3 Å². The van der Waals surface area contributed by atoms with Gasteiger partial charge in [0.25, 0.3) is 0 Å². The molecule has 28 heavy (non-hydrogen) atoms. The standard InChI is InChI=1S/C23H43NO4/c1-2-23(13-17-8-7-9-18(12-17)14-23)10-5-3-4-6-11-24-15-20(26)22(28)21(27)19(24)16-25/h17-22,25-28H,2-16H2,1H3/t17?,18?,19?,20-,21+,22?,23?/m0/s1. The van der Waals surface area contributed by atoms with Crippen LogP contribution in [0.5, 0.6) is 0 Å². The monoisotopic (exact) mass is 397 g/mol. The molecular formula is C23H43NO4. The van der Waals surface area contributed by atoms with E-state index in [1.165, 1.54) is 64.2 Å². The number of nitrogens with zero attached hydrogens (tertiary/aromatic N) is 1. The number of hydrogen-bond donors (Lipinski definition) is 4. The van der Waals surface area contributed by atoms with E-state index < -0.39 is 24.4 Å². The van der Waals surface area contributed by atoms with Gasteiger partial charge in [0.2, 0.25) is 0 Å². The second-order valence-corrected chi connectivity index (χ2v) is 10.1. The highest BCUT2D eigenvalue weighted by molar-refractivity contribution is 4.94. The van der Waals surface area contributed by atoms with E-state index in [0.717, 1.165) is 31.2 Å². The van der Waals surface area contributed by atoms with Crippen LogP contribution in [-0.4, -0.2) is 69.4 Å². The summed E-state index contributed by atoms with van der Waals surface area (Å²) in [6.07, 6.45) is 13.1. The van der Waals surface area contributed by atoms with E-state index in [2.05, 4.69) is 6.92 Å². The van der Waals surface area contributed by atoms with Gasteiger partial charge in [0, 0.05) is 6.54 Å². The second-order valence-electron chi connectivity index (χ2n) is 10.1. The lowest BCUT2D eigenvalue weighted by atomic mass is 9.58. The van der Waals surface area contributed by atoms with Crippen molar-refractivity contribution in [1.82, 2.24) is 4.90 Å². The summed E-state index contributed by atoms with van der Waals surface area (Å²) in [6, 6.07) is -0.469. The molecule has 3 rings (SSSR count). The molecule has 0 aromatic rings. The molecule has 4 unspecified atom stereocenters. The van der Waals surface area contributed by atoms with E-state index in [4.69, 9.17) is 0 Å². The number of aliphatic hydroxyl groups excluding tert-OH is 4. The lowest BCUT2D eigenvalue weighted by molar-refractivity contribution is -0.145. The number of β-amino-alcohol motifs (C(OH)–C–C–N with tert-alkyl or cyclic N) is 1. The topological polar surface area (TPSA) is 84.2 Å². The smallest absolute Gasteiger partial charge is 0.109 e. The molecular weight excluding hydrogens is 354 g/mol. The Morgan fingerprint density at radius 2 is 1.61 bits per heavy atom. The first-order valence-electron chi connectivity index (χ1n) is 11.9. The molecule has 1 saturated heterocycles. The van der Waals surface area contributed by atoms with Gasteiger partial charge < -0.3 is 20.4 Å². The Morgan fingerprint density at radius 3 is 2.25 bits per heavy atom. The fraction of sp³-hybridized carbons (Fsp3) is 1.00.